The van der Waals surface area contributed by atoms with Crippen molar-refractivity contribution in [3.63, 3.8) is 0 Å². The van der Waals surface area contributed by atoms with Gasteiger partial charge in [-0.15, -0.1) is 11.3 Å². The molecule has 1 aliphatic rings. The monoisotopic (exact) mass is 369 g/mol. The van der Waals surface area contributed by atoms with Crippen LogP contribution in [0.5, 0.6) is 0 Å². The van der Waals surface area contributed by atoms with E-state index in [2.05, 4.69) is 20.4 Å². The summed E-state index contributed by atoms with van der Waals surface area (Å²) in [6, 6.07) is 6.79. The van der Waals surface area contributed by atoms with Gasteiger partial charge >= 0.3 is 0 Å². The largest absolute Gasteiger partial charge is 0.377 e. The summed E-state index contributed by atoms with van der Waals surface area (Å²) < 4.78 is 7.16. The number of pyridine rings is 1. The van der Waals surface area contributed by atoms with Crippen molar-refractivity contribution < 1.29 is 4.74 Å². The van der Waals surface area contributed by atoms with E-state index in [4.69, 9.17) is 4.74 Å². The van der Waals surface area contributed by atoms with Crippen LogP contribution in [0.25, 0.3) is 11.3 Å². The van der Waals surface area contributed by atoms with Gasteiger partial charge in [0.2, 0.25) is 0 Å². The molecule has 26 heavy (non-hydrogen) atoms. The lowest BCUT2D eigenvalue weighted by Gasteiger charge is -2.20. The second-order valence-corrected chi connectivity index (χ2v) is 7.46. The minimum atomic E-state index is -0.186. The molecule has 0 bridgehead atoms. The van der Waals surface area contributed by atoms with E-state index in [9.17, 15) is 4.79 Å². The number of aromatic nitrogens is 4. The van der Waals surface area contributed by atoms with Crippen LogP contribution in [0.2, 0.25) is 0 Å². The number of hydrogen-bond acceptors (Lipinski definition) is 7. The molecule has 3 aromatic heterocycles. The van der Waals surface area contributed by atoms with E-state index in [-0.39, 0.29) is 17.6 Å². The topological polar surface area (TPSA) is 81.9 Å². The standard InChI is InChI=1S/C18H19N5O2S/c1-11-12(2)26-18(20-11)21-15-9-25-10-16(15)23-17(24)4-3-14(22-23)13-5-7-19-8-6-13/h3-8,15-16H,9-10H2,1-2H3,(H,20,21). The maximum absolute atomic E-state index is 12.4. The summed E-state index contributed by atoms with van der Waals surface area (Å²) in [5.41, 5.74) is 2.53. The third kappa shape index (κ3) is 3.25. The minimum absolute atomic E-state index is 0.0576. The van der Waals surface area contributed by atoms with Crippen LogP contribution < -0.4 is 10.9 Å². The molecule has 2 unspecified atom stereocenters. The maximum atomic E-state index is 12.4. The van der Waals surface area contributed by atoms with Crippen LogP contribution in [-0.2, 0) is 4.74 Å². The summed E-state index contributed by atoms with van der Waals surface area (Å²) in [7, 11) is 0. The molecule has 0 saturated carbocycles. The number of rotatable bonds is 4. The van der Waals surface area contributed by atoms with Crippen molar-refractivity contribution in [1.29, 1.82) is 0 Å². The van der Waals surface area contributed by atoms with Crippen LogP contribution in [0, 0.1) is 13.8 Å². The van der Waals surface area contributed by atoms with E-state index >= 15 is 0 Å². The third-order valence-electron chi connectivity index (χ3n) is 4.50. The van der Waals surface area contributed by atoms with Crippen LogP contribution in [0.1, 0.15) is 16.6 Å². The predicted molar refractivity (Wildman–Crippen MR) is 101 cm³/mol. The molecule has 3 aromatic rings. The van der Waals surface area contributed by atoms with Gasteiger partial charge in [0.15, 0.2) is 5.13 Å². The number of aryl methyl sites for hydroxylation is 2. The molecule has 134 valence electrons. The van der Waals surface area contributed by atoms with Crippen molar-refractivity contribution in [2.75, 3.05) is 18.5 Å². The molecule has 7 nitrogen and oxygen atoms in total. The molecule has 1 fully saturated rings. The number of anilines is 1. The molecule has 2 atom stereocenters. The lowest BCUT2D eigenvalue weighted by atomic mass is 10.1. The van der Waals surface area contributed by atoms with Crippen molar-refractivity contribution in [2.24, 2.45) is 0 Å². The minimum Gasteiger partial charge on any atom is -0.377 e. The van der Waals surface area contributed by atoms with Crippen LogP contribution in [0.3, 0.4) is 0 Å². The summed E-state index contributed by atoms with van der Waals surface area (Å²) >= 11 is 1.61. The van der Waals surface area contributed by atoms with Gasteiger partial charge < -0.3 is 10.1 Å². The van der Waals surface area contributed by atoms with Gasteiger partial charge in [-0.05, 0) is 32.0 Å². The van der Waals surface area contributed by atoms with Crippen LogP contribution in [0.4, 0.5) is 5.13 Å². The van der Waals surface area contributed by atoms with E-state index in [1.807, 2.05) is 26.0 Å². The Morgan fingerprint density at radius 3 is 2.73 bits per heavy atom. The maximum Gasteiger partial charge on any atom is 0.267 e. The smallest absolute Gasteiger partial charge is 0.267 e. The van der Waals surface area contributed by atoms with Gasteiger partial charge in [-0.3, -0.25) is 9.78 Å². The van der Waals surface area contributed by atoms with Gasteiger partial charge in [0.25, 0.3) is 5.56 Å². The molecule has 0 amide bonds. The number of nitrogens with one attached hydrogen (secondary N) is 1. The molecule has 4 heterocycles. The molecule has 0 aliphatic carbocycles. The van der Waals surface area contributed by atoms with Crippen molar-refractivity contribution in [1.82, 2.24) is 19.7 Å². The Morgan fingerprint density at radius 1 is 1.19 bits per heavy atom. The first-order valence-electron chi connectivity index (χ1n) is 8.40. The summed E-state index contributed by atoms with van der Waals surface area (Å²) in [6.45, 7) is 4.98. The Bertz CT molecular complexity index is 950. The number of nitrogens with zero attached hydrogens (tertiary/aromatic N) is 4. The molecule has 4 rings (SSSR count). The number of hydrogen-bond donors (Lipinski definition) is 1. The summed E-state index contributed by atoms with van der Waals surface area (Å²) in [4.78, 5) is 22.2. The predicted octanol–water partition coefficient (Wildman–Crippen LogP) is 2.43. The highest BCUT2D eigenvalue weighted by molar-refractivity contribution is 7.15. The fourth-order valence-corrected chi connectivity index (χ4v) is 3.83. The highest BCUT2D eigenvalue weighted by Gasteiger charge is 2.32. The first kappa shape index (κ1) is 16.9. The normalized spacial score (nSPS) is 19.6. The third-order valence-corrected chi connectivity index (χ3v) is 5.51. The molecule has 8 heteroatoms. The van der Waals surface area contributed by atoms with Crippen molar-refractivity contribution in [3.05, 3.63) is 57.6 Å². The average Bonchev–Trinajstić information content (AvgIpc) is 3.23. The van der Waals surface area contributed by atoms with E-state index in [1.54, 1.807) is 35.9 Å². The SMILES string of the molecule is Cc1nc(NC2COCC2n2nc(-c3ccncc3)ccc2=O)sc1C. The number of ether oxygens (including phenoxy) is 1. The van der Waals surface area contributed by atoms with Gasteiger partial charge in [-0.25, -0.2) is 9.67 Å². The second kappa shape index (κ2) is 6.97. The highest BCUT2D eigenvalue weighted by atomic mass is 32.1. The lowest BCUT2D eigenvalue weighted by Crippen LogP contribution is -2.37. The molecular formula is C18H19N5O2S. The van der Waals surface area contributed by atoms with Crippen LogP contribution >= 0.6 is 11.3 Å². The lowest BCUT2D eigenvalue weighted by molar-refractivity contribution is 0.183. The zero-order valence-electron chi connectivity index (χ0n) is 14.5. The number of thiazole rings is 1. The van der Waals surface area contributed by atoms with Gasteiger partial charge in [0, 0.05) is 28.9 Å². The molecule has 0 aromatic carbocycles. The molecule has 0 spiro atoms. The van der Waals surface area contributed by atoms with E-state index < -0.39 is 0 Å². The zero-order chi connectivity index (χ0) is 18.1. The Balaban J connectivity index is 1.64. The van der Waals surface area contributed by atoms with Crippen LogP contribution in [-0.4, -0.2) is 39.0 Å². The van der Waals surface area contributed by atoms with E-state index in [0.717, 1.165) is 22.1 Å². The molecular weight excluding hydrogens is 350 g/mol. The Labute approximate surface area is 154 Å². The van der Waals surface area contributed by atoms with Crippen molar-refractivity contribution in [2.45, 2.75) is 25.9 Å². The first-order valence-corrected chi connectivity index (χ1v) is 9.22. The second-order valence-electron chi connectivity index (χ2n) is 6.25. The summed E-state index contributed by atoms with van der Waals surface area (Å²) in [5, 5.41) is 8.83. The molecule has 1 N–H and O–H groups in total. The van der Waals surface area contributed by atoms with E-state index in [1.165, 1.54) is 9.56 Å². The first-order chi connectivity index (χ1) is 12.6. The van der Waals surface area contributed by atoms with Crippen LogP contribution in [0.15, 0.2) is 41.5 Å². The van der Waals surface area contributed by atoms with Crippen molar-refractivity contribution in [3.8, 4) is 11.3 Å². The fraction of sp³-hybridized carbons (Fsp3) is 0.333. The summed E-state index contributed by atoms with van der Waals surface area (Å²) in [5.74, 6) is 0. The van der Waals surface area contributed by atoms with Crippen molar-refractivity contribution >= 4 is 16.5 Å². The Kier molecular flexibility index (Phi) is 4.52. The fourth-order valence-electron chi connectivity index (χ4n) is 2.95. The van der Waals surface area contributed by atoms with Gasteiger partial charge in [-0.1, -0.05) is 0 Å². The van der Waals surface area contributed by atoms with Gasteiger partial charge in [0.05, 0.1) is 30.6 Å². The summed E-state index contributed by atoms with van der Waals surface area (Å²) in [6.07, 6.45) is 3.42. The quantitative estimate of drug-likeness (QED) is 0.761. The Hall–Kier alpha value is -2.58. The highest BCUT2D eigenvalue weighted by Crippen LogP contribution is 2.27. The van der Waals surface area contributed by atoms with Gasteiger partial charge in [-0.2, -0.15) is 5.10 Å². The zero-order valence-corrected chi connectivity index (χ0v) is 15.4. The van der Waals surface area contributed by atoms with Gasteiger partial charge in [0.1, 0.15) is 6.04 Å². The van der Waals surface area contributed by atoms with E-state index in [0.29, 0.717) is 13.2 Å². The molecule has 0 radical (unpaired) electrons. The Morgan fingerprint density at radius 2 is 2.00 bits per heavy atom. The average molecular weight is 369 g/mol. The molecule has 1 aliphatic heterocycles. The molecule has 1 saturated heterocycles.